The summed E-state index contributed by atoms with van der Waals surface area (Å²) in [5.74, 6) is 0.883. The first-order valence-corrected chi connectivity index (χ1v) is 29.2. The molecule has 0 saturated carbocycles. The molecule has 0 radical (unpaired) electrons. The van der Waals surface area contributed by atoms with Gasteiger partial charge in [0.15, 0.2) is 0 Å². The number of benzene rings is 10. The van der Waals surface area contributed by atoms with E-state index in [1.165, 1.54) is 111 Å². The van der Waals surface area contributed by atoms with Gasteiger partial charge in [-0.2, -0.15) is 0 Å². The lowest BCUT2D eigenvalue weighted by atomic mass is 9.82. The van der Waals surface area contributed by atoms with E-state index in [0.29, 0.717) is 11.8 Å². The summed E-state index contributed by atoms with van der Waals surface area (Å²) in [7, 11) is 0. The number of anilines is 6. The Kier molecular flexibility index (Phi) is 12.1. The summed E-state index contributed by atoms with van der Waals surface area (Å²) in [6.45, 7) is 18.5. The molecule has 2 aliphatic carbocycles. The minimum Gasteiger partial charge on any atom is -0.310 e. The zero-order valence-electron chi connectivity index (χ0n) is 47.9. The molecule has 2 heterocycles. The first kappa shape index (κ1) is 50.3. The van der Waals surface area contributed by atoms with Crippen LogP contribution in [0.1, 0.15) is 94.5 Å². The van der Waals surface area contributed by atoms with Gasteiger partial charge in [0.05, 0.1) is 39.3 Å². The number of para-hydroxylation sites is 3. The van der Waals surface area contributed by atoms with Crippen LogP contribution < -0.4 is 9.80 Å². The van der Waals surface area contributed by atoms with Crippen molar-refractivity contribution in [2.75, 3.05) is 9.80 Å². The highest BCUT2D eigenvalue weighted by Crippen LogP contribution is 2.59. The van der Waals surface area contributed by atoms with Crippen molar-refractivity contribution in [3.05, 3.63) is 271 Å². The van der Waals surface area contributed by atoms with Gasteiger partial charge in [0.25, 0.3) is 0 Å². The summed E-state index contributed by atoms with van der Waals surface area (Å²) >= 11 is 0. The largest absolute Gasteiger partial charge is 0.310 e. The fourth-order valence-corrected chi connectivity index (χ4v) is 14.0. The Balaban J connectivity index is 1.01. The number of nitrogens with zero attached hydrogens (tertiary/aromatic N) is 3. The Labute approximate surface area is 478 Å². The number of hydrogen-bond donors (Lipinski definition) is 0. The second-order valence-corrected chi connectivity index (χ2v) is 24.8. The highest BCUT2D eigenvalue weighted by atomic mass is 15.2. The molecular formula is C78H69N3. The predicted molar refractivity (Wildman–Crippen MR) is 346 cm³/mol. The molecule has 2 aromatic heterocycles. The van der Waals surface area contributed by atoms with Crippen molar-refractivity contribution < 1.29 is 0 Å². The van der Waals surface area contributed by atoms with Gasteiger partial charge in [-0.05, 0) is 153 Å². The molecule has 10 aromatic carbocycles. The van der Waals surface area contributed by atoms with E-state index >= 15 is 0 Å². The number of aryl methyl sites for hydroxylation is 1. The lowest BCUT2D eigenvalue weighted by Crippen LogP contribution is -2.16. The topological polar surface area (TPSA) is 10.9 Å². The number of allylic oxidation sites excluding steroid dienone is 4. The Morgan fingerprint density at radius 2 is 0.951 bits per heavy atom. The third-order valence-electron chi connectivity index (χ3n) is 17.9. The molecule has 3 atom stereocenters. The molecule has 0 bridgehead atoms. The fraction of sp³-hybridized carbons (Fsp3) is 0.179. The van der Waals surface area contributed by atoms with Crippen molar-refractivity contribution in [1.82, 2.24) is 4.40 Å². The second kappa shape index (κ2) is 19.4. The van der Waals surface area contributed by atoms with E-state index in [-0.39, 0.29) is 16.7 Å². The van der Waals surface area contributed by atoms with Crippen LogP contribution in [-0.2, 0) is 10.8 Å². The van der Waals surface area contributed by atoms with Gasteiger partial charge in [-0.15, -0.1) is 0 Å². The van der Waals surface area contributed by atoms with Crippen LogP contribution in [-0.4, -0.2) is 4.40 Å². The minimum atomic E-state index is 0.0229. The van der Waals surface area contributed by atoms with E-state index in [4.69, 9.17) is 0 Å². The second-order valence-electron chi connectivity index (χ2n) is 24.8. The standard InChI is InChI=1S/C78H69N3/c1-9-57-60-30-16-17-31-61(60)74-70(79(55-40-36-53(37-41-55)77(3,4)5)67-33-21-18-28-58(67)51-24-12-10-13-25-51)46-44-62(73(57)74)65-49-72-66(48-50(65)2)63-45-47-71(75-64-32-20-23-35-69(64)81(72)76(63)75)80(56-42-38-54(39-43-56)78(6,7)8)68-34-22-19-29-59(68)52-26-14-11-15-27-52/h10-49,57,60-61H,9H2,1-8H3. The van der Waals surface area contributed by atoms with Gasteiger partial charge in [0.2, 0.25) is 0 Å². The van der Waals surface area contributed by atoms with Crippen LogP contribution in [0.4, 0.5) is 34.1 Å². The highest BCUT2D eigenvalue weighted by molar-refractivity contribution is 6.28. The number of aromatic nitrogens is 1. The van der Waals surface area contributed by atoms with Gasteiger partial charge >= 0.3 is 0 Å². The first-order valence-electron chi connectivity index (χ1n) is 29.2. The van der Waals surface area contributed by atoms with E-state index in [0.717, 1.165) is 29.2 Å². The van der Waals surface area contributed by atoms with E-state index in [1.807, 2.05) is 0 Å². The minimum absolute atomic E-state index is 0.0229. The number of hydrogen-bond acceptors (Lipinski definition) is 2. The van der Waals surface area contributed by atoms with Crippen LogP contribution in [0.15, 0.2) is 243 Å². The predicted octanol–water partition coefficient (Wildman–Crippen LogP) is 22.0. The van der Waals surface area contributed by atoms with Crippen molar-refractivity contribution in [3.63, 3.8) is 0 Å². The van der Waals surface area contributed by atoms with E-state index in [2.05, 4.69) is 312 Å². The zero-order chi connectivity index (χ0) is 55.3. The Morgan fingerprint density at radius 3 is 1.54 bits per heavy atom. The molecule has 0 fully saturated rings. The van der Waals surface area contributed by atoms with Crippen LogP contribution in [0, 0.1) is 12.8 Å². The molecule has 0 aliphatic heterocycles. The summed E-state index contributed by atoms with van der Waals surface area (Å²) < 4.78 is 2.59. The van der Waals surface area contributed by atoms with Crippen LogP contribution in [0.5, 0.6) is 0 Å². The summed E-state index contributed by atoms with van der Waals surface area (Å²) in [5.41, 5.74) is 25.0. The van der Waals surface area contributed by atoms with Crippen molar-refractivity contribution in [2.24, 2.45) is 5.92 Å². The smallest absolute Gasteiger partial charge is 0.0641 e. The molecule has 0 spiro atoms. The van der Waals surface area contributed by atoms with Gasteiger partial charge < -0.3 is 14.2 Å². The highest BCUT2D eigenvalue weighted by Gasteiger charge is 2.43. The SMILES string of the molecule is CCC1c2c(-c3cc4c(cc3C)c3ccc(N(c5ccc(C(C)(C)C)cc5)c5ccccc5-c5ccccc5)c5c6ccccc6n4c35)ccc(N(c3ccc(C(C)(C)C)cc3)c3ccccc3-c3ccccc3)c2C2C=CC=CC21. The lowest BCUT2D eigenvalue weighted by Gasteiger charge is -2.32. The lowest BCUT2D eigenvalue weighted by molar-refractivity contribution is 0.500. The molecule has 81 heavy (non-hydrogen) atoms. The summed E-state index contributed by atoms with van der Waals surface area (Å²) in [6, 6.07) is 82.2. The number of fused-ring (bicyclic) bond motifs is 9. The Bertz CT molecular complexity index is 4410. The van der Waals surface area contributed by atoms with Gasteiger partial charge in [-0.1, -0.05) is 224 Å². The number of rotatable bonds is 10. The van der Waals surface area contributed by atoms with E-state index in [1.54, 1.807) is 0 Å². The van der Waals surface area contributed by atoms with Crippen molar-refractivity contribution in [1.29, 1.82) is 0 Å². The van der Waals surface area contributed by atoms with Gasteiger partial charge in [-0.3, -0.25) is 0 Å². The third kappa shape index (κ3) is 8.22. The van der Waals surface area contributed by atoms with Crippen LogP contribution >= 0.6 is 0 Å². The molecule has 0 N–H and O–H groups in total. The summed E-state index contributed by atoms with van der Waals surface area (Å²) in [6.07, 6.45) is 10.6. The van der Waals surface area contributed by atoms with E-state index in [9.17, 15) is 0 Å². The molecule has 3 unspecified atom stereocenters. The normalized spacial score (nSPS) is 16.0. The van der Waals surface area contributed by atoms with Gasteiger partial charge in [0, 0.05) is 50.0 Å². The maximum Gasteiger partial charge on any atom is 0.0641 e. The van der Waals surface area contributed by atoms with Gasteiger partial charge in [0.1, 0.15) is 0 Å². The summed E-state index contributed by atoms with van der Waals surface area (Å²) in [4.78, 5) is 5.09. The van der Waals surface area contributed by atoms with Crippen molar-refractivity contribution in [2.45, 2.75) is 84.5 Å². The molecule has 3 nitrogen and oxygen atoms in total. The maximum atomic E-state index is 2.59. The molecule has 2 aliphatic rings. The quantitative estimate of drug-likeness (QED) is 0.135. The Morgan fingerprint density at radius 1 is 0.420 bits per heavy atom. The molecule has 3 heteroatoms. The maximum absolute atomic E-state index is 2.59. The molecule has 0 amide bonds. The van der Waals surface area contributed by atoms with Gasteiger partial charge in [-0.25, -0.2) is 0 Å². The zero-order valence-corrected chi connectivity index (χ0v) is 47.9. The average Bonchev–Trinajstić information content (AvgIpc) is 2.50. The van der Waals surface area contributed by atoms with E-state index < -0.39 is 0 Å². The van der Waals surface area contributed by atoms with Crippen LogP contribution in [0.2, 0.25) is 0 Å². The fourth-order valence-electron chi connectivity index (χ4n) is 14.0. The monoisotopic (exact) mass is 1050 g/mol. The van der Waals surface area contributed by atoms with Crippen LogP contribution in [0.3, 0.4) is 0 Å². The van der Waals surface area contributed by atoms with Crippen LogP contribution in [0.25, 0.3) is 71.5 Å². The van der Waals surface area contributed by atoms with Crippen molar-refractivity contribution in [3.8, 4) is 33.4 Å². The first-order chi connectivity index (χ1) is 39.4. The Hall–Kier alpha value is -8.92. The molecule has 396 valence electrons. The molecule has 0 saturated heterocycles. The third-order valence-corrected chi connectivity index (χ3v) is 17.9. The molecule has 12 aromatic rings. The molecule has 14 rings (SSSR count). The van der Waals surface area contributed by atoms with Crippen molar-refractivity contribution >= 4 is 72.2 Å². The molecular weight excluding hydrogens is 979 g/mol. The summed E-state index contributed by atoms with van der Waals surface area (Å²) in [5, 5.41) is 5.05. The average molecular weight is 1050 g/mol.